The van der Waals surface area contributed by atoms with E-state index in [0.717, 1.165) is 16.6 Å². The molecule has 0 fully saturated rings. The third kappa shape index (κ3) is 2.98. The van der Waals surface area contributed by atoms with Gasteiger partial charge >= 0.3 is 5.97 Å². The molecule has 0 saturated carbocycles. The molecule has 2 rings (SSSR count). The molecule has 18 heavy (non-hydrogen) atoms. The van der Waals surface area contributed by atoms with Crippen molar-refractivity contribution in [1.82, 2.24) is 14.3 Å². The van der Waals surface area contributed by atoms with Gasteiger partial charge in [0.25, 0.3) is 0 Å². The summed E-state index contributed by atoms with van der Waals surface area (Å²) in [5.74, 6) is -0.272. The lowest BCUT2D eigenvalue weighted by molar-refractivity contribution is 0.0696. The Balaban J connectivity index is 2.21. The van der Waals surface area contributed by atoms with Crippen LogP contribution < -0.4 is 0 Å². The van der Waals surface area contributed by atoms with E-state index in [4.69, 9.17) is 16.7 Å². The molecule has 0 bridgehead atoms. The molecule has 0 unspecified atom stereocenters. The maximum absolute atomic E-state index is 10.7. The highest BCUT2D eigenvalue weighted by atomic mass is 35.5. The predicted octanol–water partition coefficient (Wildman–Crippen LogP) is 3.00. The summed E-state index contributed by atoms with van der Waals surface area (Å²) in [6, 6.07) is 1.38. The highest BCUT2D eigenvalue weighted by Crippen LogP contribution is 2.32. The molecule has 0 atom stereocenters. The van der Waals surface area contributed by atoms with Crippen molar-refractivity contribution in [3.63, 3.8) is 0 Å². The second-order valence-electron chi connectivity index (χ2n) is 3.25. The van der Waals surface area contributed by atoms with Crippen molar-refractivity contribution in [2.45, 2.75) is 22.7 Å². The molecule has 1 N–H and O–H groups in total. The van der Waals surface area contributed by atoms with Crippen LogP contribution in [0.3, 0.4) is 0 Å². The van der Waals surface area contributed by atoms with E-state index in [1.54, 1.807) is 0 Å². The van der Waals surface area contributed by atoms with E-state index < -0.39 is 5.97 Å². The van der Waals surface area contributed by atoms with Gasteiger partial charge in [-0.15, -0.1) is 0 Å². The van der Waals surface area contributed by atoms with Gasteiger partial charge in [0.2, 0.25) is 0 Å². The number of aromatic carboxylic acids is 1. The fourth-order valence-electron chi connectivity index (χ4n) is 1.12. The molecule has 2 aromatic heterocycles. The molecule has 94 valence electrons. The minimum Gasteiger partial charge on any atom is -0.478 e. The first-order valence-electron chi connectivity index (χ1n) is 4.99. The van der Waals surface area contributed by atoms with Crippen molar-refractivity contribution in [3.05, 3.63) is 28.7 Å². The lowest BCUT2D eigenvalue weighted by atomic mass is 10.3. The fourth-order valence-corrected chi connectivity index (χ4v) is 2.98. The number of carboxylic acid groups (broad SMARTS) is 1. The molecule has 8 heteroatoms. The van der Waals surface area contributed by atoms with Crippen LogP contribution in [0.15, 0.2) is 21.6 Å². The standard InChI is InChI=1S/C10H8ClN3O2S2/c1-2-7-13-10(18-14-7)17-8-6(11)3-5(4-12-8)9(15)16/h3-4H,2H2,1H3,(H,15,16). The van der Waals surface area contributed by atoms with Gasteiger partial charge < -0.3 is 5.11 Å². The lowest BCUT2D eigenvalue weighted by Gasteiger charge is -2.01. The van der Waals surface area contributed by atoms with Crippen LogP contribution in [0.25, 0.3) is 0 Å². The Morgan fingerprint density at radius 3 is 2.94 bits per heavy atom. The first-order valence-corrected chi connectivity index (χ1v) is 6.96. The molecule has 2 heterocycles. The Hall–Kier alpha value is -1.18. The number of hydrogen-bond donors (Lipinski definition) is 1. The van der Waals surface area contributed by atoms with Crippen LogP contribution in [0, 0.1) is 0 Å². The first-order chi connectivity index (χ1) is 8.60. The Morgan fingerprint density at radius 2 is 2.39 bits per heavy atom. The first kappa shape index (κ1) is 13.3. The average molecular weight is 302 g/mol. The van der Waals surface area contributed by atoms with E-state index >= 15 is 0 Å². The molecule has 0 radical (unpaired) electrons. The van der Waals surface area contributed by atoms with Crippen molar-refractivity contribution < 1.29 is 9.90 Å². The quantitative estimate of drug-likeness (QED) is 0.935. The van der Waals surface area contributed by atoms with Gasteiger partial charge in [-0.05, 0) is 29.4 Å². The van der Waals surface area contributed by atoms with Gasteiger partial charge in [-0.1, -0.05) is 18.5 Å². The highest BCUT2D eigenvalue weighted by molar-refractivity contribution is 8.01. The second-order valence-corrected chi connectivity index (χ2v) is 5.64. The second kappa shape index (κ2) is 5.64. The Kier molecular flexibility index (Phi) is 4.15. The van der Waals surface area contributed by atoms with Crippen LogP contribution in [0.4, 0.5) is 0 Å². The molecule has 0 aliphatic rings. The molecule has 0 amide bonds. The molecular formula is C10H8ClN3O2S2. The molecule has 5 nitrogen and oxygen atoms in total. The van der Waals surface area contributed by atoms with Crippen LogP contribution in [0.5, 0.6) is 0 Å². The van der Waals surface area contributed by atoms with Gasteiger partial charge in [0.05, 0.1) is 10.6 Å². The Bertz CT molecular complexity index is 588. The number of aryl methyl sites for hydroxylation is 1. The summed E-state index contributed by atoms with van der Waals surface area (Å²) in [4.78, 5) is 19.0. The highest BCUT2D eigenvalue weighted by Gasteiger charge is 2.12. The van der Waals surface area contributed by atoms with Crippen molar-refractivity contribution >= 4 is 40.9 Å². The SMILES string of the molecule is CCc1nsc(Sc2ncc(C(=O)O)cc2Cl)n1. The zero-order chi connectivity index (χ0) is 13.1. The molecule has 0 aromatic carbocycles. The van der Waals surface area contributed by atoms with Gasteiger partial charge in [0.15, 0.2) is 4.34 Å². The molecule has 0 aliphatic heterocycles. The van der Waals surface area contributed by atoms with Gasteiger partial charge in [-0.3, -0.25) is 0 Å². The molecular weight excluding hydrogens is 294 g/mol. The third-order valence-corrected chi connectivity index (χ3v) is 4.21. The summed E-state index contributed by atoms with van der Waals surface area (Å²) < 4.78 is 4.89. The molecule has 0 aliphatic carbocycles. The number of hydrogen-bond acceptors (Lipinski definition) is 6. The zero-order valence-electron chi connectivity index (χ0n) is 9.25. The van der Waals surface area contributed by atoms with Crippen molar-refractivity contribution in [2.24, 2.45) is 0 Å². The smallest absolute Gasteiger partial charge is 0.337 e. The van der Waals surface area contributed by atoms with Crippen molar-refractivity contribution in [1.29, 1.82) is 0 Å². The summed E-state index contributed by atoms with van der Waals surface area (Å²) in [6.07, 6.45) is 2.05. The van der Waals surface area contributed by atoms with Gasteiger partial charge in [-0.25, -0.2) is 14.8 Å². The van der Waals surface area contributed by atoms with Crippen LogP contribution in [-0.4, -0.2) is 25.4 Å². The third-order valence-electron chi connectivity index (χ3n) is 2.00. The Morgan fingerprint density at radius 1 is 1.61 bits per heavy atom. The van der Waals surface area contributed by atoms with Gasteiger partial charge in [-0.2, -0.15) is 4.37 Å². The van der Waals surface area contributed by atoms with Gasteiger partial charge in [0.1, 0.15) is 10.9 Å². The fraction of sp³-hybridized carbons (Fsp3) is 0.200. The van der Waals surface area contributed by atoms with E-state index in [1.165, 1.54) is 35.6 Å². The summed E-state index contributed by atoms with van der Waals surface area (Å²) in [6.45, 7) is 1.98. The maximum Gasteiger partial charge on any atom is 0.337 e. The van der Waals surface area contributed by atoms with E-state index in [0.29, 0.717) is 10.0 Å². The van der Waals surface area contributed by atoms with E-state index in [1.807, 2.05) is 6.92 Å². The normalized spacial score (nSPS) is 10.6. The summed E-state index contributed by atoms with van der Waals surface area (Å²) in [7, 11) is 0. The van der Waals surface area contributed by atoms with E-state index in [9.17, 15) is 4.79 Å². The lowest BCUT2D eigenvalue weighted by Crippen LogP contribution is -1.97. The van der Waals surface area contributed by atoms with Crippen molar-refractivity contribution in [2.75, 3.05) is 0 Å². The van der Waals surface area contributed by atoms with Crippen LogP contribution in [0.1, 0.15) is 23.1 Å². The predicted molar refractivity (Wildman–Crippen MR) is 69.6 cm³/mol. The molecule has 2 aromatic rings. The number of halogens is 1. The van der Waals surface area contributed by atoms with Crippen LogP contribution >= 0.6 is 34.9 Å². The number of aromatic nitrogens is 3. The molecule has 0 spiro atoms. The minimum absolute atomic E-state index is 0.0656. The molecule has 0 saturated heterocycles. The maximum atomic E-state index is 10.7. The number of carboxylic acids is 1. The minimum atomic E-state index is -1.05. The topological polar surface area (TPSA) is 76.0 Å². The number of pyridine rings is 1. The summed E-state index contributed by atoms with van der Waals surface area (Å²) in [5.41, 5.74) is 0.0656. The summed E-state index contributed by atoms with van der Waals surface area (Å²) in [5, 5.41) is 9.63. The van der Waals surface area contributed by atoms with Gasteiger partial charge in [0, 0.05) is 12.6 Å². The Labute approximate surface area is 116 Å². The number of carbonyl (C=O) groups is 1. The van der Waals surface area contributed by atoms with E-state index in [-0.39, 0.29) is 5.56 Å². The average Bonchev–Trinajstić information content (AvgIpc) is 2.79. The van der Waals surface area contributed by atoms with Crippen LogP contribution in [-0.2, 0) is 6.42 Å². The van der Waals surface area contributed by atoms with E-state index in [2.05, 4.69) is 14.3 Å². The monoisotopic (exact) mass is 301 g/mol. The number of rotatable bonds is 4. The zero-order valence-corrected chi connectivity index (χ0v) is 11.6. The van der Waals surface area contributed by atoms with Crippen LogP contribution in [0.2, 0.25) is 5.02 Å². The summed E-state index contributed by atoms with van der Waals surface area (Å²) >= 11 is 8.53. The van der Waals surface area contributed by atoms with Crippen molar-refractivity contribution in [3.8, 4) is 0 Å². The largest absolute Gasteiger partial charge is 0.478 e. The number of nitrogens with zero attached hydrogens (tertiary/aromatic N) is 3.